The van der Waals surface area contributed by atoms with Gasteiger partial charge in [0.25, 0.3) is 5.56 Å². The summed E-state index contributed by atoms with van der Waals surface area (Å²) in [6, 6.07) is 8.64. The van der Waals surface area contributed by atoms with E-state index in [0.717, 1.165) is 5.56 Å². The molecule has 4 heterocycles. The number of carbonyl (C=O) groups is 1. The number of furan rings is 1. The Morgan fingerprint density at radius 3 is 2.59 bits per heavy atom. The van der Waals surface area contributed by atoms with E-state index < -0.39 is 0 Å². The molecule has 138 valence electrons. The molecule has 3 aromatic heterocycles. The lowest BCUT2D eigenvalue weighted by Gasteiger charge is -2.32. The molecule has 0 amide bonds. The van der Waals surface area contributed by atoms with Crippen LogP contribution in [0.25, 0.3) is 11.3 Å². The minimum absolute atomic E-state index is 0.0482. The normalized spacial score (nSPS) is 15.1. The number of hydrogen-bond donors (Lipinski definition) is 0. The number of carbonyl (C=O) groups excluding carboxylic acids is 1. The minimum Gasteiger partial charge on any atom is -0.461 e. The molecule has 4 rings (SSSR count). The molecule has 1 fully saturated rings. The SMILES string of the molecule is Cn1c(N2CCC(C(=O)c3ccco3)CC2)nc(-c2ccncc2)cc1=O. The van der Waals surface area contributed by atoms with Gasteiger partial charge in [-0.05, 0) is 37.1 Å². The predicted octanol–water partition coefficient (Wildman–Crippen LogP) is 2.53. The Morgan fingerprint density at radius 1 is 1.19 bits per heavy atom. The van der Waals surface area contributed by atoms with Crippen molar-refractivity contribution in [3.63, 3.8) is 0 Å². The summed E-state index contributed by atoms with van der Waals surface area (Å²) in [5.74, 6) is 1.02. The van der Waals surface area contributed by atoms with E-state index in [1.165, 1.54) is 12.3 Å². The van der Waals surface area contributed by atoms with Gasteiger partial charge in [0, 0.05) is 50.1 Å². The second-order valence-electron chi connectivity index (χ2n) is 6.68. The van der Waals surface area contributed by atoms with E-state index in [1.807, 2.05) is 12.1 Å². The highest BCUT2D eigenvalue weighted by Gasteiger charge is 2.28. The summed E-state index contributed by atoms with van der Waals surface area (Å²) in [5, 5.41) is 0. The van der Waals surface area contributed by atoms with E-state index >= 15 is 0 Å². The van der Waals surface area contributed by atoms with Gasteiger partial charge < -0.3 is 9.32 Å². The Hall–Kier alpha value is -3.22. The van der Waals surface area contributed by atoms with Crippen LogP contribution in [0.15, 0.2) is 58.2 Å². The highest BCUT2D eigenvalue weighted by Crippen LogP contribution is 2.25. The van der Waals surface area contributed by atoms with Gasteiger partial charge in [0.05, 0.1) is 12.0 Å². The molecule has 0 aromatic carbocycles. The van der Waals surface area contributed by atoms with Gasteiger partial charge in [-0.3, -0.25) is 19.1 Å². The molecule has 1 aliphatic rings. The Balaban J connectivity index is 1.55. The number of piperidine rings is 1. The van der Waals surface area contributed by atoms with Crippen LogP contribution in [-0.2, 0) is 7.05 Å². The van der Waals surface area contributed by atoms with E-state index in [-0.39, 0.29) is 17.3 Å². The maximum Gasteiger partial charge on any atom is 0.255 e. The first-order chi connectivity index (χ1) is 13.1. The van der Waals surface area contributed by atoms with Gasteiger partial charge >= 0.3 is 0 Å². The van der Waals surface area contributed by atoms with Crippen molar-refractivity contribution in [2.45, 2.75) is 12.8 Å². The van der Waals surface area contributed by atoms with Crippen LogP contribution in [0.3, 0.4) is 0 Å². The lowest BCUT2D eigenvalue weighted by atomic mass is 9.91. The predicted molar refractivity (Wildman–Crippen MR) is 101 cm³/mol. The summed E-state index contributed by atoms with van der Waals surface area (Å²) < 4.78 is 6.79. The standard InChI is InChI=1S/C20H20N4O3/c1-23-18(25)13-16(14-4-8-21-9-5-14)22-20(23)24-10-6-15(7-11-24)19(26)17-3-2-12-27-17/h2-5,8-9,12-13,15H,6-7,10-11H2,1H3. The van der Waals surface area contributed by atoms with Crippen molar-refractivity contribution >= 4 is 11.7 Å². The van der Waals surface area contributed by atoms with Crippen LogP contribution in [0, 0.1) is 5.92 Å². The lowest BCUT2D eigenvalue weighted by molar-refractivity contribution is 0.0871. The number of rotatable bonds is 4. The summed E-state index contributed by atoms with van der Waals surface area (Å²) in [7, 11) is 1.72. The molecule has 0 saturated carbocycles. The number of ketones is 1. The largest absolute Gasteiger partial charge is 0.461 e. The number of nitrogens with zero attached hydrogens (tertiary/aromatic N) is 4. The van der Waals surface area contributed by atoms with Crippen LogP contribution in [-0.4, -0.2) is 33.4 Å². The maximum absolute atomic E-state index is 12.5. The van der Waals surface area contributed by atoms with Crippen molar-refractivity contribution < 1.29 is 9.21 Å². The molecule has 27 heavy (non-hydrogen) atoms. The second kappa shape index (κ2) is 7.19. The summed E-state index contributed by atoms with van der Waals surface area (Å²) in [5.41, 5.74) is 1.37. The third kappa shape index (κ3) is 3.40. The fourth-order valence-electron chi connectivity index (χ4n) is 3.44. The van der Waals surface area contributed by atoms with Crippen molar-refractivity contribution in [1.82, 2.24) is 14.5 Å². The molecule has 7 nitrogen and oxygen atoms in total. The molecule has 1 saturated heterocycles. The summed E-state index contributed by atoms with van der Waals surface area (Å²) in [6.45, 7) is 1.33. The Labute approximate surface area is 156 Å². The second-order valence-corrected chi connectivity index (χ2v) is 6.68. The van der Waals surface area contributed by atoms with Crippen molar-refractivity contribution in [3.8, 4) is 11.3 Å². The summed E-state index contributed by atoms with van der Waals surface area (Å²) in [6.07, 6.45) is 6.29. The van der Waals surface area contributed by atoms with Crippen molar-refractivity contribution in [2.24, 2.45) is 13.0 Å². The maximum atomic E-state index is 12.5. The van der Waals surface area contributed by atoms with E-state index in [9.17, 15) is 9.59 Å². The molecule has 0 unspecified atom stereocenters. The molecular formula is C20H20N4O3. The minimum atomic E-state index is -0.111. The average molecular weight is 364 g/mol. The molecule has 1 aliphatic heterocycles. The number of pyridine rings is 1. The Morgan fingerprint density at radius 2 is 1.93 bits per heavy atom. The molecule has 0 radical (unpaired) electrons. The highest BCUT2D eigenvalue weighted by molar-refractivity contribution is 5.95. The molecular weight excluding hydrogens is 344 g/mol. The molecule has 0 spiro atoms. The number of hydrogen-bond acceptors (Lipinski definition) is 6. The number of aromatic nitrogens is 3. The molecule has 0 N–H and O–H groups in total. The molecule has 0 aliphatic carbocycles. The zero-order valence-electron chi connectivity index (χ0n) is 15.0. The van der Waals surface area contributed by atoms with Gasteiger partial charge in [-0.25, -0.2) is 4.98 Å². The first kappa shape index (κ1) is 17.2. The summed E-state index contributed by atoms with van der Waals surface area (Å²) in [4.78, 5) is 35.7. The van der Waals surface area contributed by atoms with Crippen LogP contribution < -0.4 is 10.5 Å². The van der Waals surface area contributed by atoms with Crippen molar-refractivity contribution in [2.75, 3.05) is 18.0 Å². The van der Waals surface area contributed by atoms with E-state index in [0.29, 0.717) is 43.3 Å². The Kier molecular flexibility index (Phi) is 4.58. The summed E-state index contributed by atoms with van der Waals surface area (Å²) >= 11 is 0. The topological polar surface area (TPSA) is 81.2 Å². The Bertz CT molecular complexity index is 988. The van der Waals surface area contributed by atoms with E-state index in [2.05, 4.69) is 9.88 Å². The quantitative estimate of drug-likeness (QED) is 0.662. The number of anilines is 1. The molecule has 0 atom stereocenters. The van der Waals surface area contributed by atoms with E-state index in [1.54, 1.807) is 36.1 Å². The third-order valence-electron chi connectivity index (χ3n) is 5.00. The van der Waals surface area contributed by atoms with Gasteiger partial charge in [-0.1, -0.05) is 0 Å². The van der Waals surface area contributed by atoms with Gasteiger partial charge in [0.15, 0.2) is 5.76 Å². The fraction of sp³-hybridized carbons (Fsp3) is 0.300. The van der Waals surface area contributed by atoms with Gasteiger partial charge in [0.1, 0.15) is 0 Å². The van der Waals surface area contributed by atoms with Gasteiger partial charge in [-0.15, -0.1) is 0 Å². The van der Waals surface area contributed by atoms with Crippen LogP contribution in [0.1, 0.15) is 23.4 Å². The zero-order chi connectivity index (χ0) is 18.8. The van der Waals surface area contributed by atoms with Crippen molar-refractivity contribution in [1.29, 1.82) is 0 Å². The molecule has 3 aromatic rings. The van der Waals surface area contributed by atoms with Crippen LogP contribution in [0.5, 0.6) is 0 Å². The lowest BCUT2D eigenvalue weighted by Crippen LogP contribution is -2.39. The molecule has 7 heteroatoms. The van der Waals surface area contributed by atoms with E-state index in [4.69, 9.17) is 9.40 Å². The number of Topliss-reactive ketones (excluding diaryl/α,β-unsaturated/α-hetero) is 1. The first-order valence-electron chi connectivity index (χ1n) is 8.94. The third-order valence-corrected chi connectivity index (χ3v) is 5.00. The fourth-order valence-corrected chi connectivity index (χ4v) is 3.44. The van der Waals surface area contributed by atoms with Crippen molar-refractivity contribution in [3.05, 3.63) is 65.1 Å². The monoisotopic (exact) mass is 364 g/mol. The van der Waals surface area contributed by atoms with Crippen LogP contribution >= 0.6 is 0 Å². The zero-order valence-corrected chi connectivity index (χ0v) is 15.0. The molecule has 0 bridgehead atoms. The first-order valence-corrected chi connectivity index (χ1v) is 8.94. The smallest absolute Gasteiger partial charge is 0.255 e. The van der Waals surface area contributed by atoms with Gasteiger partial charge in [-0.2, -0.15) is 0 Å². The van der Waals surface area contributed by atoms with Crippen LogP contribution in [0.2, 0.25) is 0 Å². The van der Waals surface area contributed by atoms with Gasteiger partial charge in [0.2, 0.25) is 11.7 Å². The van der Waals surface area contributed by atoms with Crippen LogP contribution in [0.4, 0.5) is 5.95 Å². The average Bonchev–Trinajstić information content (AvgIpc) is 3.25. The highest BCUT2D eigenvalue weighted by atomic mass is 16.3.